The van der Waals surface area contributed by atoms with Gasteiger partial charge >= 0.3 is 6.09 Å². The minimum absolute atomic E-state index is 0.435. The first kappa shape index (κ1) is 15.4. The topological polar surface area (TPSA) is 84.5 Å². The summed E-state index contributed by atoms with van der Waals surface area (Å²) in [6.07, 6.45) is -0.0585. The molecule has 17 heavy (non-hydrogen) atoms. The van der Waals surface area contributed by atoms with Gasteiger partial charge in [-0.3, -0.25) is 4.79 Å². The van der Waals surface area contributed by atoms with Crippen LogP contribution in [0.1, 0.15) is 34.6 Å². The van der Waals surface area contributed by atoms with E-state index in [9.17, 15) is 14.4 Å². The van der Waals surface area contributed by atoms with Gasteiger partial charge in [0.2, 0.25) is 5.91 Å². The Bertz CT molecular complexity index is 296. The molecule has 0 aromatic carbocycles. The van der Waals surface area contributed by atoms with E-state index in [0.717, 1.165) is 0 Å². The lowest BCUT2D eigenvalue weighted by Crippen LogP contribution is -2.48. The zero-order valence-corrected chi connectivity index (χ0v) is 10.9. The zero-order valence-electron chi connectivity index (χ0n) is 10.9. The summed E-state index contributed by atoms with van der Waals surface area (Å²) in [6, 6.07) is -1.34. The largest absolute Gasteiger partial charge is 0.444 e. The predicted octanol–water partition coefficient (Wildman–Crippen LogP) is 0.603. The molecule has 0 aliphatic rings. The summed E-state index contributed by atoms with van der Waals surface area (Å²) in [5, 5.41) is 4.80. The van der Waals surface area contributed by atoms with Gasteiger partial charge < -0.3 is 20.2 Å². The Morgan fingerprint density at radius 1 is 1.18 bits per heavy atom. The molecule has 2 atom stereocenters. The van der Waals surface area contributed by atoms with Gasteiger partial charge in [-0.25, -0.2) is 4.79 Å². The number of amides is 2. The second-order valence-electron chi connectivity index (χ2n) is 4.80. The van der Waals surface area contributed by atoms with Crippen LogP contribution in [0.25, 0.3) is 0 Å². The van der Waals surface area contributed by atoms with E-state index in [-0.39, 0.29) is 0 Å². The van der Waals surface area contributed by atoms with E-state index in [1.807, 2.05) is 0 Å². The van der Waals surface area contributed by atoms with Crippen LogP contribution in [0.4, 0.5) is 4.79 Å². The van der Waals surface area contributed by atoms with Crippen molar-refractivity contribution in [1.29, 1.82) is 0 Å². The fraction of sp³-hybridized carbons (Fsp3) is 0.727. The first-order valence-corrected chi connectivity index (χ1v) is 5.41. The number of ether oxygens (including phenoxy) is 1. The normalized spacial score (nSPS) is 14.4. The van der Waals surface area contributed by atoms with Crippen molar-refractivity contribution in [3.8, 4) is 0 Å². The second-order valence-corrected chi connectivity index (χ2v) is 4.80. The lowest BCUT2D eigenvalue weighted by molar-refractivity contribution is -0.125. The molecule has 6 heteroatoms. The number of hydrogen-bond acceptors (Lipinski definition) is 4. The van der Waals surface area contributed by atoms with Crippen LogP contribution in [0.5, 0.6) is 0 Å². The van der Waals surface area contributed by atoms with Gasteiger partial charge in [-0.2, -0.15) is 0 Å². The number of hydrogen-bond donors (Lipinski definition) is 2. The average molecular weight is 244 g/mol. The SMILES string of the molecule is CC(C=O)NC(=O)C(C)NC(=O)OC(C)(C)C. The van der Waals surface area contributed by atoms with Gasteiger partial charge in [0, 0.05) is 0 Å². The fourth-order valence-corrected chi connectivity index (χ4v) is 0.933. The van der Waals surface area contributed by atoms with Crippen LogP contribution < -0.4 is 10.6 Å². The number of alkyl carbamates (subject to hydrolysis) is 1. The number of nitrogens with one attached hydrogen (secondary N) is 2. The van der Waals surface area contributed by atoms with Gasteiger partial charge in [-0.1, -0.05) is 0 Å². The van der Waals surface area contributed by atoms with Crippen molar-refractivity contribution in [3.05, 3.63) is 0 Å². The Kier molecular flexibility index (Phi) is 5.64. The number of carbonyl (C=O) groups is 3. The smallest absolute Gasteiger partial charge is 0.408 e. The van der Waals surface area contributed by atoms with E-state index in [0.29, 0.717) is 6.29 Å². The maximum absolute atomic E-state index is 11.5. The van der Waals surface area contributed by atoms with E-state index >= 15 is 0 Å². The van der Waals surface area contributed by atoms with E-state index in [1.165, 1.54) is 6.92 Å². The van der Waals surface area contributed by atoms with Crippen LogP contribution in [0.2, 0.25) is 0 Å². The van der Waals surface area contributed by atoms with Gasteiger partial charge in [0.05, 0.1) is 6.04 Å². The molecule has 0 radical (unpaired) electrons. The third kappa shape index (κ3) is 7.32. The van der Waals surface area contributed by atoms with Gasteiger partial charge in [0.1, 0.15) is 17.9 Å². The molecule has 0 bridgehead atoms. The molecule has 0 saturated heterocycles. The third-order valence-electron chi connectivity index (χ3n) is 1.70. The molecular weight excluding hydrogens is 224 g/mol. The van der Waals surface area contributed by atoms with E-state index in [2.05, 4.69) is 10.6 Å². The Balaban J connectivity index is 4.16. The van der Waals surface area contributed by atoms with Crippen LogP contribution in [-0.2, 0) is 14.3 Å². The summed E-state index contributed by atoms with van der Waals surface area (Å²) >= 11 is 0. The molecule has 0 rings (SSSR count). The molecule has 0 aliphatic heterocycles. The maximum atomic E-state index is 11.5. The summed E-state index contributed by atoms with van der Waals surface area (Å²) in [5.41, 5.74) is -0.615. The summed E-state index contributed by atoms with van der Waals surface area (Å²) in [5.74, 6) is -0.435. The van der Waals surface area contributed by atoms with Crippen LogP contribution in [0, 0.1) is 0 Å². The van der Waals surface area contributed by atoms with E-state index in [1.54, 1.807) is 27.7 Å². The molecule has 0 saturated carbocycles. The minimum Gasteiger partial charge on any atom is -0.444 e. The van der Waals surface area contributed by atoms with Crippen molar-refractivity contribution in [2.45, 2.75) is 52.3 Å². The number of aldehydes is 1. The fourth-order valence-electron chi connectivity index (χ4n) is 0.933. The van der Waals surface area contributed by atoms with Gasteiger partial charge in [0.15, 0.2) is 0 Å². The minimum atomic E-state index is -0.757. The van der Waals surface area contributed by atoms with Crippen LogP contribution in [0.15, 0.2) is 0 Å². The molecule has 2 amide bonds. The summed E-state index contributed by atoms with van der Waals surface area (Å²) in [4.78, 5) is 33.2. The highest BCUT2D eigenvalue weighted by molar-refractivity contribution is 5.87. The molecule has 0 aromatic heterocycles. The highest BCUT2D eigenvalue weighted by Gasteiger charge is 2.21. The summed E-state index contributed by atoms with van der Waals surface area (Å²) in [7, 11) is 0. The van der Waals surface area contributed by atoms with Gasteiger partial charge in [-0.15, -0.1) is 0 Å². The highest BCUT2D eigenvalue weighted by Crippen LogP contribution is 2.06. The Labute approximate surface area is 101 Å². The average Bonchev–Trinajstić information content (AvgIpc) is 2.14. The monoisotopic (exact) mass is 244 g/mol. The predicted molar refractivity (Wildman–Crippen MR) is 62.5 cm³/mol. The number of rotatable bonds is 4. The molecular formula is C11H20N2O4. The van der Waals surface area contributed by atoms with Crippen molar-refractivity contribution >= 4 is 18.3 Å². The van der Waals surface area contributed by atoms with Crippen molar-refractivity contribution < 1.29 is 19.1 Å². The molecule has 2 unspecified atom stereocenters. The molecule has 0 aromatic rings. The molecule has 2 N–H and O–H groups in total. The summed E-state index contributed by atoms with van der Waals surface area (Å²) in [6.45, 7) is 8.24. The molecule has 0 fully saturated rings. The molecule has 0 spiro atoms. The molecule has 6 nitrogen and oxygen atoms in total. The summed E-state index contributed by atoms with van der Waals surface area (Å²) < 4.78 is 4.99. The molecule has 98 valence electrons. The lowest BCUT2D eigenvalue weighted by Gasteiger charge is -2.22. The van der Waals surface area contributed by atoms with Crippen LogP contribution in [-0.4, -0.2) is 36.0 Å². The molecule has 0 heterocycles. The van der Waals surface area contributed by atoms with Gasteiger partial charge in [-0.05, 0) is 34.6 Å². The first-order chi connectivity index (χ1) is 7.65. The van der Waals surface area contributed by atoms with Gasteiger partial charge in [0.25, 0.3) is 0 Å². The highest BCUT2D eigenvalue weighted by atomic mass is 16.6. The van der Waals surface area contributed by atoms with Crippen molar-refractivity contribution in [1.82, 2.24) is 10.6 Å². The first-order valence-electron chi connectivity index (χ1n) is 5.41. The standard InChI is InChI=1S/C11H20N2O4/c1-7(6-14)12-9(15)8(2)13-10(16)17-11(3,4)5/h6-8H,1-5H3,(H,12,15)(H,13,16). The third-order valence-corrected chi connectivity index (χ3v) is 1.70. The Hall–Kier alpha value is -1.59. The number of carbonyl (C=O) groups excluding carboxylic acids is 3. The van der Waals surface area contributed by atoms with Crippen LogP contribution >= 0.6 is 0 Å². The van der Waals surface area contributed by atoms with Crippen molar-refractivity contribution in [2.24, 2.45) is 0 Å². The van der Waals surface area contributed by atoms with E-state index < -0.39 is 29.7 Å². The zero-order chi connectivity index (χ0) is 13.6. The lowest BCUT2D eigenvalue weighted by atomic mass is 10.2. The van der Waals surface area contributed by atoms with Crippen molar-refractivity contribution in [2.75, 3.05) is 0 Å². The Morgan fingerprint density at radius 3 is 2.12 bits per heavy atom. The van der Waals surface area contributed by atoms with Crippen molar-refractivity contribution in [3.63, 3.8) is 0 Å². The molecule has 0 aliphatic carbocycles. The second kappa shape index (κ2) is 6.22. The maximum Gasteiger partial charge on any atom is 0.408 e. The Morgan fingerprint density at radius 2 is 1.71 bits per heavy atom. The quantitative estimate of drug-likeness (QED) is 0.709. The van der Waals surface area contributed by atoms with Crippen LogP contribution in [0.3, 0.4) is 0 Å². The van der Waals surface area contributed by atoms with E-state index in [4.69, 9.17) is 4.74 Å².